The van der Waals surface area contributed by atoms with Crippen LogP contribution in [0.25, 0.3) is 0 Å². The van der Waals surface area contributed by atoms with Crippen LogP contribution in [0.2, 0.25) is 5.02 Å². The number of morpholine rings is 1. The van der Waals surface area contributed by atoms with Gasteiger partial charge in [-0.25, -0.2) is 10.2 Å². The van der Waals surface area contributed by atoms with Crippen LogP contribution in [0, 0.1) is 0 Å². The fourth-order valence-electron chi connectivity index (χ4n) is 3.14. The minimum atomic E-state index is -0.987. The summed E-state index contributed by atoms with van der Waals surface area (Å²) in [4.78, 5) is 25.0. The molecule has 1 saturated heterocycles. The lowest BCUT2D eigenvalue weighted by atomic mass is 10.1. The number of benzene rings is 2. The number of halogens is 1. The SMILES string of the molecule is CCOc1cc(/C=N\NC(=O)CN2CCOCC2)cc(Cl)c1OCc1ccc(C(=O)O)cc1. The molecule has 2 N–H and O–H groups in total. The van der Waals surface area contributed by atoms with Crippen molar-refractivity contribution in [1.29, 1.82) is 0 Å². The van der Waals surface area contributed by atoms with Crippen molar-refractivity contribution in [3.63, 3.8) is 0 Å². The molecule has 0 bridgehead atoms. The van der Waals surface area contributed by atoms with Crippen molar-refractivity contribution in [2.45, 2.75) is 13.5 Å². The third-order valence-electron chi connectivity index (χ3n) is 4.79. The molecular formula is C23H26ClN3O6. The molecule has 0 spiro atoms. The van der Waals surface area contributed by atoms with Gasteiger partial charge in [-0.3, -0.25) is 9.69 Å². The maximum Gasteiger partial charge on any atom is 0.335 e. The molecule has 9 nitrogen and oxygen atoms in total. The Hall–Kier alpha value is -3.14. The first kappa shape index (κ1) is 24.5. The first-order valence-corrected chi connectivity index (χ1v) is 10.9. The van der Waals surface area contributed by atoms with E-state index in [9.17, 15) is 9.59 Å². The molecule has 1 heterocycles. The first-order valence-electron chi connectivity index (χ1n) is 10.5. The van der Waals surface area contributed by atoms with Gasteiger partial charge >= 0.3 is 5.97 Å². The van der Waals surface area contributed by atoms with E-state index >= 15 is 0 Å². The lowest BCUT2D eigenvalue weighted by Crippen LogP contribution is -2.42. The average Bonchev–Trinajstić information content (AvgIpc) is 2.79. The van der Waals surface area contributed by atoms with Crippen molar-refractivity contribution < 1.29 is 28.9 Å². The number of aromatic carboxylic acids is 1. The Labute approximate surface area is 196 Å². The molecule has 0 aromatic heterocycles. The zero-order valence-corrected chi connectivity index (χ0v) is 19.0. The van der Waals surface area contributed by atoms with E-state index in [1.54, 1.807) is 24.3 Å². The number of amides is 1. The number of hydrogen-bond donors (Lipinski definition) is 2. The Morgan fingerprint density at radius 1 is 1.21 bits per heavy atom. The highest BCUT2D eigenvalue weighted by atomic mass is 35.5. The molecule has 1 amide bonds. The van der Waals surface area contributed by atoms with Gasteiger partial charge in [-0.1, -0.05) is 23.7 Å². The summed E-state index contributed by atoms with van der Waals surface area (Å²) in [6.45, 7) is 5.36. The second-order valence-electron chi connectivity index (χ2n) is 7.24. The largest absolute Gasteiger partial charge is 0.490 e. The molecule has 3 rings (SSSR count). The van der Waals surface area contributed by atoms with Crippen LogP contribution in [0.1, 0.15) is 28.4 Å². The zero-order chi connectivity index (χ0) is 23.6. The van der Waals surface area contributed by atoms with E-state index in [0.29, 0.717) is 41.9 Å². The van der Waals surface area contributed by atoms with E-state index in [2.05, 4.69) is 10.5 Å². The Bertz CT molecular complexity index is 990. The van der Waals surface area contributed by atoms with Gasteiger partial charge in [0.15, 0.2) is 11.5 Å². The van der Waals surface area contributed by atoms with Crippen LogP contribution in [0.3, 0.4) is 0 Å². The Morgan fingerprint density at radius 2 is 1.94 bits per heavy atom. The van der Waals surface area contributed by atoms with Crippen LogP contribution in [0.4, 0.5) is 0 Å². The Morgan fingerprint density at radius 3 is 2.61 bits per heavy atom. The number of nitrogens with one attached hydrogen (secondary N) is 1. The highest BCUT2D eigenvalue weighted by Gasteiger charge is 2.15. The van der Waals surface area contributed by atoms with Gasteiger partial charge in [-0.05, 0) is 42.3 Å². The lowest BCUT2D eigenvalue weighted by molar-refractivity contribution is -0.123. The molecule has 176 valence electrons. The molecule has 10 heteroatoms. The summed E-state index contributed by atoms with van der Waals surface area (Å²) in [7, 11) is 0. The van der Waals surface area contributed by atoms with E-state index in [0.717, 1.165) is 18.7 Å². The van der Waals surface area contributed by atoms with Gasteiger partial charge < -0.3 is 19.3 Å². The fourth-order valence-corrected chi connectivity index (χ4v) is 3.41. The van der Waals surface area contributed by atoms with E-state index in [1.165, 1.54) is 18.3 Å². The summed E-state index contributed by atoms with van der Waals surface area (Å²) in [5, 5.41) is 13.3. The van der Waals surface area contributed by atoms with Crippen molar-refractivity contribution >= 4 is 29.7 Å². The first-order chi connectivity index (χ1) is 16.0. The summed E-state index contributed by atoms with van der Waals surface area (Å²) < 4.78 is 16.8. The quantitative estimate of drug-likeness (QED) is 0.401. The summed E-state index contributed by atoms with van der Waals surface area (Å²) in [5.74, 6) is -0.389. The van der Waals surface area contributed by atoms with Crippen LogP contribution >= 0.6 is 11.6 Å². The number of carboxylic acids is 1. The molecule has 1 aliphatic heterocycles. The topological polar surface area (TPSA) is 110 Å². The molecule has 2 aromatic rings. The van der Waals surface area contributed by atoms with E-state index < -0.39 is 5.97 Å². The number of rotatable bonds is 10. The maximum absolute atomic E-state index is 12.1. The molecular weight excluding hydrogens is 450 g/mol. The number of hydrazone groups is 1. The van der Waals surface area contributed by atoms with Gasteiger partial charge in [0.05, 0.1) is 43.2 Å². The number of carboxylic acid groups (broad SMARTS) is 1. The third kappa shape index (κ3) is 7.45. The molecule has 0 aliphatic carbocycles. The highest BCUT2D eigenvalue weighted by molar-refractivity contribution is 6.32. The molecule has 0 atom stereocenters. The number of ether oxygens (including phenoxy) is 3. The van der Waals surface area contributed by atoms with Crippen molar-refractivity contribution in [3.05, 3.63) is 58.1 Å². The second kappa shape index (κ2) is 12.2. The van der Waals surface area contributed by atoms with Crippen molar-refractivity contribution in [2.75, 3.05) is 39.5 Å². The fraction of sp³-hybridized carbons (Fsp3) is 0.348. The van der Waals surface area contributed by atoms with E-state index in [-0.39, 0.29) is 24.6 Å². The van der Waals surface area contributed by atoms with Crippen LogP contribution in [0.5, 0.6) is 11.5 Å². The smallest absolute Gasteiger partial charge is 0.335 e. The predicted octanol–water partition coefficient (Wildman–Crippen LogP) is 2.80. The molecule has 0 unspecified atom stereocenters. The summed E-state index contributed by atoms with van der Waals surface area (Å²) in [6.07, 6.45) is 1.49. The van der Waals surface area contributed by atoms with Crippen LogP contribution in [0.15, 0.2) is 41.5 Å². The third-order valence-corrected chi connectivity index (χ3v) is 5.07. The minimum Gasteiger partial charge on any atom is -0.490 e. The van der Waals surface area contributed by atoms with Gasteiger partial charge in [0.25, 0.3) is 5.91 Å². The molecule has 1 aliphatic rings. The molecule has 33 heavy (non-hydrogen) atoms. The van der Waals surface area contributed by atoms with Gasteiger partial charge in [-0.15, -0.1) is 0 Å². The van der Waals surface area contributed by atoms with Crippen molar-refractivity contribution in [2.24, 2.45) is 5.10 Å². The maximum atomic E-state index is 12.1. The summed E-state index contributed by atoms with van der Waals surface area (Å²) in [6, 6.07) is 9.76. The standard InChI is InChI=1S/C23H26ClN3O6/c1-2-32-20-12-17(13-25-26-21(28)14-27-7-9-31-10-8-27)11-19(24)22(20)33-15-16-3-5-18(6-4-16)23(29)30/h3-6,11-13H,2,7-10,14-15H2,1H3,(H,26,28)(H,29,30)/b25-13-. The average molecular weight is 476 g/mol. The van der Waals surface area contributed by atoms with Gasteiger partial charge in [0.1, 0.15) is 6.61 Å². The van der Waals surface area contributed by atoms with Crippen molar-refractivity contribution in [3.8, 4) is 11.5 Å². The normalized spacial score (nSPS) is 14.2. The Balaban J connectivity index is 1.62. The Kier molecular flexibility index (Phi) is 9.05. The number of nitrogens with zero attached hydrogens (tertiary/aromatic N) is 2. The number of carbonyl (C=O) groups is 2. The zero-order valence-electron chi connectivity index (χ0n) is 18.3. The highest BCUT2D eigenvalue weighted by Crippen LogP contribution is 2.37. The van der Waals surface area contributed by atoms with E-state index in [1.807, 2.05) is 11.8 Å². The monoisotopic (exact) mass is 475 g/mol. The molecule has 0 saturated carbocycles. The summed E-state index contributed by atoms with van der Waals surface area (Å²) in [5.41, 5.74) is 4.13. The van der Waals surface area contributed by atoms with E-state index in [4.69, 9.17) is 30.9 Å². The van der Waals surface area contributed by atoms with Crippen molar-refractivity contribution in [1.82, 2.24) is 10.3 Å². The van der Waals surface area contributed by atoms with Crippen LogP contribution in [-0.4, -0.2) is 67.6 Å². The van der Waals surface area contributed by atoms with Crippen LogP contribution < -0.4 is 14.9 Å². The van der Waals surface area contributed by atoms with Crippen LogP contribution in [-0.2, 0) is 16.1 Å². The minimum absolute atomic E-state index is 0.185. The number of carbonyl (C=O) groups excluding carboxylic acids is 1. The molecule has 1 fully saturated rings. The summed E-state index contributed by atoms with van der Waals surface area (Å²) >= 11 is 6.42. The van der Waals surface area contributed by atoms with Gasteiger partial charge in [-0.2, -0.15) is 5.10 Å². The lowest BCUT2D eigenvalue weighted by Gasteiger charge is -2.25. The second-order valence-corrected chi connectivity index (χ2v) is 7.64. The number of hydrogen-bond acceptors (Lipinski definition) is 7. The predicted molar refractivity (Wildman–Crippen MR) is 123 cm³/mol. The molecule has 0 radical (unpaired) electrons. The van der Waals surface area contributed by atoms with Gasteiger partial charge in [0, 0.05) is 13.1 Å². The molecule has 2 aromatic carbocycles. The van der Waals surface area contributed by atoms with Gasteiger partial charge in [0.2, 0.25) is 0 Å².